The SMILES string of the molecule is CC(O)COC(C)COC(C)CO.CCCN.CCCNCCC. The molecule has 0 bridgehead atoms. The highest BCUT2D eigenvalue weighted by molar-refractivity contribution is 4.52. The Morgan fingerprint density at radius 2 is 1.33 bits per heavy atom. The maximum absolute atomic E-state index is 8.92. The zero-order valence-corrected chi connectivity index (χ0v) is 16.9. The molecule has 0 rings (SSSR count). The summed E-state index contributed by atoms with van der Waals surface area (Å²) in [5.74, 6) is 0. The van der Waals surface area contributed by atoms with E-state index >= 15 is 0 Å². The summed E-state index contributed by atoms with van der Waals surface area (Å²) < 4.78 is 10.5. The van der Waals surface area contributed by atoms with Gasteiger partial charge in [0.2, 0.25) is 0 Å². The average molecular weight is 353 g/mol. The molecule has 0 aromatic carbocycles. The molecular formula is C18H44N2O4. The van der Waals surface area contributed by atoms with Crippen LogP contribution in [-0.2, 0) is 9.47 Å². The van der Waals surface area contributed by atoms with Crippen molar-refractivity contribution in [3.05, 3.63) is 0 Å². The summed E-state index contributed by atoms with van der Waals surface area (Å²) in [4.78, 5) is 0. The molecule has 3 unspecified atom stereocenters. The Kier molecular flexibility index (Phi) is 29.8. The van der Waals surface area contributed by atoms with E-state index in [2.05, 4.69) is 26.1 Å². The van der Waals surface area contributed by atoms with E-state index in [1.807, 2.05) is 6.92 Å². The molecule has 0 amide bonds. The third-order valence-corrected chi connectivity index (χ3v) is 2.64. The molecule has 5 N–H and O–H groups in total. The molecule has 150 valence electrons. The van der Waals surface area contributed by atoms with Gasteiger partial charge in [0.05, 0.1) is 38.1 Å². The molecule has 0 aliphatic heterocycles. The van der Waals surface area contributed by atoms with E-state index in [0.29, 0.717) is 13.2 Å². The zero-order valence-electron chi connectivity index (χ0n) is 16.9. The fourth-order valence-electron chi connectivity index (χ4n) is 1.18. The van der Waals surface area contributed by atoms with Crippen molar-refractivity contribution in [3.8, 4) is 0 Å². The number of hydrogen-bond acceptors (Lipinski definition) is 6. The molecule has 0 aliphatic rings. The van der Waals surface area contributed by atoms with Crippen molar-refractivity contribution in [2.45, 2.75) is 79.1 Å². The topological polar surface area (TPSA) is 97.0 Å². The van der Waals surface area contributed by atoms with Crippen LogP contribution < -0.4 is 11.1 Å². The molecular weight excluding hydrogens is 308 g/mol. The number of aliphatic hydroxyl groups is 2. The van der Waals surface area contributed by atoms with Crippen LogP contribution in [0.25, 0.3) is 0 Å². The molecule has 3 atom stereocenters. The van der Waals surface area contributed by atoms with Crippen LogP contribution in [0.15, 0.2) is 0 Å². The maximum atomic E-state index is 8.92. The Bertz CT molecular complexity index is 201. The van der Waals surface area contributed by atoms with Crippen LogP contribution in [0.3, 0.4) is 0 Å². The summed E-state index contributed by atoms with van der Waals surface area (Å²) in [6, 6.07) is 0. The van der Waals surface area contributed by atoms with Gasteiger partial charge in [-0.05, 0) is 59.7 Å². The lowest BCUT2D eigenvalue weighted by Gasteiger charge is -2.16. The van der Waals surface area contributed by atoms with Gasteiger partial charge in [0, 0.05) is 0 Å². The molecule has 0 saturated heterocycles. The van der Waals surface area contributed by atoms with Crippen LogP contribution >= 0.6 is 0 Å². The van der Waals surface area contributed by atoms with Gasteiger partial charge < -0.3 is 30.7 Å². The van der Waals surface area contributed by atoms with E-state index in [1.165, 1.54) is 25.9 Å². The number of nitrogens with two attached hydrogens (primary N) is 1. The molecule has 6 nitrogen and oxygen atoms in total. The van der Waals surface area contributed by atoms with E-state index in [9.17, 15) is 0 Å². The van der Waals surface area contributed by atoms with Crippen LogP contribution in [0.2, 0.25) is 0 Å². The Balaban J connectivity index is -0.000000335. The van der Waals surface area contributed by atoms with Gasteiger partial charge in [0.1, 0.15) is 0 Å². The third kappa shape index (κ3) is 33.4. The van der Waals surface area contributed by atoms with Gasteiger partial charge in [-0.2, -0.15) is 0 Å². The fraction of sp³-hybridized carbons (Fsp3) is 1.00. The molecule has 0 saturated carbocycles. The van der Waals surface area contributed by atoms with Crippen LogP contribution in [0.1, 0.15) is 60.8 Å². The van der Waals surface area contributed by atoms with Gasteiger partial charge in [0.25, 0.3) is 0 Å². The first-order valence-electron chi connectivity index (χ1n) is 9.32. The van der Waals surface area contributed by atoms with Crippen LogP contribution in [0.5, 0.6) is 0 Å². The standard InChI is InChI=1S/C9H20O4.C6H15N.C3H9N/c1-7(11)5-12-9(3)6-13-8(2)4-10;1-3-5-7-6-4-2;1-2-3-4/h7-11H,4-6H2,1-3H3;7H,3-6H2,1-2H3;2-4H2,1H3. The summed E-state index contributed by atoms with van der Waals surface area (Å²) >= 11 is 0. The minimum atomic E-state index is -0.447. The van der Waals surface area contributed by atoms with E-state index in [-0.39, 0.29) is 18.8 Å². The minimum Gasteiger partial charge on any atom is -0.394 e. The van der Waals surface area contributed by atoms with Gasteiger partial charge in [-0.25, -0.2) is 0 Å². The van der Waals surface area contributed by atoms with E-state index in [4.69, 9.17) is 25.4 Å². The first-order valence-corrected chi connectivity index (χ1v) is 9.32. The Morgan fingerprint density at radius 1 is 0.875 bits per heavy atom. The van der Waals surface area contributed by atoms with Crippen molar-refractivity contribution in [3.63, 3.8) is 0 Å². The first-order chi connectivity index (χ1) is 11.4. The quantitative estimate of drug-likeness (QED) is 0.401. The number of ether oxygens (including phenoxy) is 2. The Morgan fingerprint density at radius 3 is 1.67 bits per heavy atom. The Labute approximate surface area is 150 Å². The Hall–Kier alpha value is -0.240. The molecule has 24 heavy (non-hydrogen) atoms. The van der Waals surface area contributed by atoms with Crippen LogP contribution in [0.4, 0.5) is 0 Å². The highest BCUT2D eigenvalue weighted by Gasteiger charge is 2.06. The van der Waals surface area contributed by atoms with Crippen molar-refractivity contribution in [2.75, 3.05) is 39.5 Å². The van der Waals surface area contributed by atoms with E-state index < -0.39 is 6.10 Å². The maximum Gasteiger partial charge on any atom is 0.0781 e. The second-order valence-electron chi connectivity index (χ2n) is 5.86. The van der Waals surface area contributed by atoms with Crippen molar-refractivity contribution in [1.29, 1.82) is 0 Å². The predicted octanol–water partition coefficient (Wildman–Crippen LogP) is 1.92. The predicted molar refractivity (Wildman–Crippen MR) is 102 cm³/mol. The molecule has 0 radical (unpaired) electrons. The molecule has 0 fully saturated rings. The lowest BCUT2D eigenvalue weighted by Crippen LogP contribution is -2.24. The van der Waals surface area contributed by atoms with Gasteiger partial charge in [-0.3, -0.25) is 0 Å². The highest BCUT2D eigenvalue weighted by Crippen LogP contribution is 1.97. The number of hydrogen-bond donors (Lipinski definition) is 4. The van der Waals surface area contributed by atoms with Gasteiger partial charge in [0.15, 0.2) is 0 Å². The lowest BCUT2D eigenvalue weighted by molar-refractivity contribution is -0.0620. The molecule has 0 aromatic rings. The summed E-state index contributed by atoms with van der Waals surface area (Å²) in [6.45, 7) is 15.7. The van der Waals surface area contributed by atoms with Gasteiger partial charge in [-0.1, -0.05) is 20.8 Å². The summed E-state index contributed by atoms with van der Waals surface area (Å²) in [6.07, 6.45) is 2.94. The monoisotopic (exact) mass is 352 g/mol. The third-order valence-electron chi connectivity index (χ3n) is 2.64. The highest BCUT2D eigenvalue weighted by atomic mass is 16.5. The molecule has 0 heterocycles. The summed E-state index contributed by atoms with van der Waals surface area (Å²) in [5.41, 5.74) is 5.03. The lowest BCUT2D eigenvalue weighted by atomic mass is 10.4. The molecule has 0 aliphatic carbocycles. The van der Waals surface area contributed by atoms with Crippen molar-refractivity contribution < 1.29 is 19.7 Å². The smallest absolute Gasteiger partial charge is 0.0781 e. The van der Waals surface area contributed by atoms with Crippen molar-refractivity contribution in [2.24, 2.45) is 5.73 Å². The van der Waals surface area contributed by atoms with Crippen LogP contribution in [0, 0.1) is 0 Å². The first kappa shape index (κ1) is 28.6. The molecule has 0 spiro atoms. The number of aliphatic hydroxyl groups excluding tert-OH is 2. The van der Waals surface area contributed by atoms with E-state index in [0.717, 1.165) is 13.0 Å². The normalized spacial score (nSPS) is 13.9. The fourth-order valence-corrected chi connectivity index (χ4v) is 1.18. The summed E-state index contributed by atoms with van der Waals surface area (Å²) in [7, 11) is 0. The molecule has 6 heteroatoms. The van der Waals surface area contributed by atoms with Crippen LogP contribution in [-0.4, -0.2) is 68.0 Å². The molecule has 0 aromatic heterocycles. The van der Waals surface area contributed by atoms with Gasteiger partial charge in [-0.15, -0.1) is 0 Å². The van der Waals surface area contributed by atoms with Gasteiger partial charge >= 0.3 is 0 Å². The largest absolute Gasteiger partial charge is 0.394 e. The van der Waals surface area contributed by atoms with E-state index in [1.54, 1.807) is 13.8 Å². The second kappa shape index (κ2) is 25.0. The van der Waals surface area contributed by atoms with Crippen molar-refractivity contribution >= 4 is 0 Å². The average Bonchev–Trinajstić information content (AvgIpc) is 2.59. The number of nitrogens with one attached hydrogen (secondary N) is 1. The number of rotatable bonds is 12. The minimum absolute atomic E-state index is 0.0170. The zero-order chi connectivity index (χ0) is 19.2. The summed E-state index contributed by atoms with van der Waals surface area (Å²) in [5, 5.41) is 20.9. The second-order valence-corrected chi connectivity index (χ2v) is 5.86. The van der Waals surface area contributed by atoms with Crippen molar-refractivity contribution in [1.82, 2.24) is 5.32 Å².